The molecule has 0 bridgehead atoms. The average Bonchev–Trinajstić information content (AvgIpc) is 2.37. The first-order valence-corrected chi connectivity index (χ1v) is 6.38. The van der Waals surface area contributed by atoms with Gasteiger partial charge in [-0.3, -0.25) is 0 Å². The zero-order valence-corrected chi connectivity index (χ0v) is 9.46. The van der Waals surface area contributed by atoms with Gasteiger partial charge in [0.1, 0.15) is 5.82 Å². The Morgan fingerprint density at radius 3 is 2.75 bits per heavy atom. The normalized spacial score (nSPS) is 19.1. The van der Waals surface area contributed by atoms with Gasteiger partial charge in [0.05, 0.1) is 11.0 Å². The third-order valence-corrected chi connectivity index (χ3v) is 3.97. The highest BCUT2D eigenvalue weighted by atomic mass is 32.2. The molecule has 0 saturated heterocycles. The van der Waals surface area contributed by atoms with E-state index in [1.54, 1.807) is 6.92 Å². The number of hydrogen-bond acceptors (Lipinski definition) is 3. The summed E-state index contributed by atoms with van der Waals surface area (Å²) in [7, 11) is -3.46. The minimum absolute atomic E-state index is 0.115. The van der Waals surface area contributed by atoms with Gasteiger partial charge in [-0.05, 0) is 37.1 Å². The number of fused-ring (bicyclic) bond motifs is 1. The fourth-order valence-electron chi connectivity index (χ4n) is 1.79. The summed E-state index contributed by atoms with van der Waals surface area (Å²) in [6, 6.07) is 3.56. The van der Waals surface area contributed by atoms with E-state index in [-0.39, 0.29) is 11.3 Å². The van der Waals surface area contributed by atoms with E-state index >= 15 is 0 Å². The van der Waals surface area contributed by atoms with Crippen molar-refractivity contribution in [2.24, 2.45) is 0 Å². The number of halogens is 1. The first-order valence-electron chi connectivity index (χ1n) is 4.84. The highest BCUT2D eigenvalue weighted by molar-refractivity contribution is 7.95. The zero-order chi connectivity index (χ0) is 11.9. The van der Waals surface area contributed by atoms with Gasteiger partial charge in [0.25, 0.3) is 0 Å². The highest BCUT2D eigenvalue weighted by Crippen LogP contribution is 2.36. The van der Waals surface area contributed by atoms with Gasteiger partial charge in [0.2, 0.25) is 9.84 Å². The third kappa shape index (κ3) is 1.88. The lowest BCUT2D eigenvalue weighted by molar-refractivity contribution is 0.201. The van der Waals surface area contributed by atoms with Crippen molar-refractivity contribution in [1.82, 2.24) is 0 Å². The Labute approximate surface area is 93.1 Å². The monoisotopic (exact) mass is 242 g/mol. The molecule has 1 aliphatic rings. The molecule has 0 aromatic heterocycles. The number of aliphatic hydroxyl groups is 1. The molecule has 0 spiro atoms. The summed E-state index contributed by atoms with van der Waals surface area (Å²) in [6.07, 6.45) is -0.453. The molecule has 1 aromatic rings. The van der Waals surface area contributed by atoms with Gasteiger partial charge in [0.15, 0.2) is 0 Å². The lowest BCUT2D eigenvalue weighted by Gasteiger charge is -2.06. The summed E-state index contributed by atoms with van der Waals surface area (Å²) in [5.41, 5.74) is 0.824. The summed E-state index contributed by atoms with van der Waals surface area (Å²) in [5.74, 6) is -0.479. The van der Waals surface area contributed by atoms with Crippen molar-refractivity contribution >= 4 is 15.4 Å². The maximum absolute atomic E-state index is 13.0. The molecule has 0 aliphatic carbocycles. The van der Waals surface area contributed by atoms with Gasteiger partial charge >= 0.3 is 0 Å². The summed E-state index contributed by atoms with van der Waals surface area (Å²) in [6.45, 7) is 1.56. The maximum Gasteiger partial charge on any atom is 0.200 e. The molecule has 0 radical (unpaired) electrons. The lowest BCUT2D eigenvalue weighted by Crippen LogP contribution is -2.00. The van der Waals surface area contributed by atoms with E-state index < -0.39 is 21.8 Å². The van der Waals surface area contributed by atoms with Crippen molar-refractivity contribution in [3.8, 4) is 0 Å². The van der Waals surface area contributed by atoms with Crippen LogP contribution in [-0.4, -0.2) is 19.6 Å². The number of hydrogen-bond donors (Lipinski definition) is 1. The second-order valence-corrected chi connectivity index (χ2v) is 5.65. The first-order chi connectivity index (χ1) is 7.40. The van der Waals surface area contributed by atoms with Crippen LogP contribution >= 0.6 is 0 Å². The van der Waals surface area contributed by atoms with Gasteiger partial charge in [-0.2, -0.15) is 0 Å². The van der Waals surface area contributed by atoms with Crippen LogP contribution in [-0.2, 0) is 9.84 Å². The van der Waals surface area contributed by atoms with Crippen LogP contribution in [0, 0.1) is 5.82 Å². The van der Waals surface area contributed by atoms with Crippen LogP contribution in [0.4, 0.5) is 4.39 Å². The maximum atomic E-state index is 13.0. The summed E-state index contributed by atoms with van der Waals surface area (Å²) < 4.78 is 36.4. The molecule has 1 aliphatic heterocycles. The second kappa shape index (κ2) is 3.68. The molecule has 2 rings (SSSR count). The molecule has 1 atom stereocenters. The molecule has 3 nitrogen and oxygen atoms in total. The minimum Gasteiger partial charge on any atom is -0.393 e. The van der Waals surface area contributed by atoms with E-state index in [1.807, 2.05) is 0 Å². The van der Waals surface area contributed by atoms with Gasteiger partial charge < -0.3 is 5.11 Å². The number of sulfone groups is 1. The van der Waals surface area contributed by atoms with Crippen molar-refractivity contribution < 1.29 is 17.9 Å². The molecule has 86 valence electrons. The van der Waals surface area contributed by atoms with Crippen LogP contribution in [0.3, 0.4) is 0 Å². The van der Waals surface area contributed by atoms with Crippen molar-refractivity contribution in [3.63, 3.8) is 0 Å². The molecule has 1 aromatic carbocycles. The van der Waals surface area contributed by atoms with Gasteiger partial charge in [0, 0.05) is 11.0 Å². The lowest BCUT2D eigenvalue weighted by atomic mass is 10.0. The molecule has 0 amide bonds. The Bertz CT molecular complexity index is 559. The molecular weight excluding hydrogens is 231 g/mol. The Kier molecular flexibility index (Phi) is 2.59. The van der Waals surface area contributed by atoms with Crippen molar-refractivity contribution in [3.05, 3.63) is 35.0 Å². The molecule has 1 N–H and O–H groups in total. The minimum atomic E-state index is -3.46. The zero-order valence-electron chi connectivity index (χ0n) is 8.64. The third-order valence-electron chi connectivity index (χ3n) is 2.41. The topological polar surface area (TPSA) is 54.4 Å². The largest absolute Gasteiger partial charge is 0.393 e. The molecule has 0 saturated carbocycles. The second-order valence-electron chi connectivity index (χ2n) is 3.88. The van der Waals surface area contributed by atoms with Crippen molar-refractivity contribution in [2.75, 3.05) is 0 Å². The van der Waals surface area contributed by atoms with Crippen LogP contribution in [0.25, 0.3) is 5.57 Å². The van der Waals surface area contributed by atoms with Crippen molar-refractivity contribution in [2.45, 2.75) is 24.3 Å². The SMILES string of the molecule is CC(O)CC1=CS(=O)(=O)c2ccc(F)cc21. The molecule has 5 heteroatoms. The average molecular weight is 242 g/mol. The van der Waals surface area contributed by atoms with E-state index in [4.69, 9.17) is 0 Å². The highest BCUT2D eigenvalue weighted by Gasteiger charge is 2.27. The molecule has 1 unspecified atom stereocenters. The van der Waals surface area contributed by atoms with Gasteiger partial charge in [-0.1, -0.05) is 0 Å². The van der Waals surface area contributed by atoms with E-state index in [1.165, 1.54) is 12.1 Å². The molecule has 0 fully saturated rings. The van der Waals surface area contributed by atoms with Gasteiger partial charge in [-0.25, -0.2) is 12.8 Å². The Morgan fingerprint density at radius 2 is 2.12 bits per heavy atom. The molecule has 1 heterocycles. The summed E-state index contributed by atoms with van der Waals surface area (Å²) >= 11 is 0. The Balaban J connectivity index is 2.57. The van der Waals surface area contributed by atoms with Crippen LogP contribution in [0.15, 0.2) is 28.5 Å². The number of rotatable bonds is 2. The fraction of sp³-hybridized carbons (Fsp3) is 0.273. The smallest absolute Gasteiger partial charge is 0.200 e. The molecule has 16 heavy (non-hydrogen) atoms. The number of benzene rings is 1. The number of aliphatic hydroxyl groups excluding tert-OH is 1. The first kappa shape index (κ1) is 11.3. The molecular formula is C11H11FO3S. The van der Waals surface area contributed by atoms with Crippen LogP contribution < -0.4 is 0 Å². The van der Waals surface area contributed by atoms with Gasteiger partial charge in [-0.15, -0.1) is 0 Å². The van der Waals surface area contributed by atoms with E-state index in [0.717, 1.165) is 11.5 Å². The summed E-state index contributed by atoms with van der Waals surface area (Å²) in [5, 5.41) is 10.3. The van der Waals surface area contributed by atoms with Crippen LogP contribution in [0.2, 0.25) is 0 Å². The van der Waals surface area contributed by atoms with Crippen molar-refractivity contribution in [1.29, 1.82) is 0 Å². The van der Waals surface area contributed by atoms with Crippen LogP contribution in [0.1, 0.15) is 18.9 Å². The van der Waals surface area contributed by atoms with E-state index in [0.29, 0.717) is 11.1 Å². The standard InChI is InChI=1S/C11H11FO3S/c1-7(13)4-8-6-16(14,15)11-3-2-9(12)5-10(8)11/h2-3,5-7,13H,4H2,1H3. The van der Waals surface area contributed by atoms with E-state index in [2.05, 4.69) is 0 Å². The quantitative estimate of drug-likeness (QED) is 0.803. The summed E-state index contributed by atoms with van der Waals surface area (Å²) in [4.78, 5) is 0.115. The fourth-order valence-corrected chi connectivity index (χ4v) is 3.27. The van der Waals surface area contributed by atoms with Crippen LogP contribution in [0.5, 0.6) is 0 Å². The van der Waals surface area contributed by atoms with E-state index in [9.17, 15) is 17.9 Å². The Hall–Kier alpha value is -1.20. The predicted octanol–water partition coefficient (Wildman–Crippen LogP) is 1.72. The predicted molar refractivity (Wildman–Crippen MR) is 57.9 cm³/mol. The Morgan fingerprint density at radius 1 is 1.44 bits per heavy atom.